The van der Waals surface area contributed by atoms with Crippen molar-refractivity contribution in [3.05, 3.63) is 35.6 Å². The average molecular weight is 322 g/mol. The van der Waals surface area contributed by atoms with Crippen LogP contribution in [0.1, 0.15) is 24.8 Å². The van der Waals surface area contributed by atoms with Gasteiger partial charge in [-0.1, -0.05) is 18.2 Å². The van der Waals surface area contributed by atoms with Gasteiger partial charge in [0.05, 0.1) is 13.0 Å². The van der Waals surface area contributed by atoms with Crippen molar-refractivity contribution in [3.8, 4) is 0 Å². The predicted molar refractivity (Wildman–Crippen MR) is 84.6 cm³/mol. The zero-order chi connectivity index (χ0) is 16.8. The van der Waals surface area contributed by atoms with Gasteiger partial charge in [-0.05, 0) is 37.9 Å². The standard InChI is InChI=1S/C17H23FN2O3/c1-19(12-17(22)23)14-6-4-9-20(10-8-14)16(21)11-13-5-2-3-7-15(13)18/h2-3,5,7,14H,4,6,8-12H2,1H3,(H,22,23). The summed E-state index contributed by atoms with van der Waals surface area (Å²) in [5.74, 6) is -1.27. The molecule has 1 saturated heterocycles. The van der Waals surface area contributed by atoms with Crippen molar-refractivity contribution >= 4 is 11.9 Å². The Labute approximate surface area is 135 Å². The maximum atomic E-state index is 13.7. The molecule has 6 heteroatoms. The van der Waals surface area contributed by atoms with Gasteiger partial charge in [0.25, 0.3) is 0 Å². The summed E-state index contributed by atoms with van der Waals surface area (Å²) in [5, 5.41) is 8.87. The number of hydrogen-bond donors (Lipinski definition) is 1. The van der Waals surface area contributed by atoms with E-state index < -0.39 is 5.97 Å². The number of likely N-dealkylation sites (N-methyl/N-ethyl adjacent to an activating group) is 1. The lowest BCUT2D eigenvalue weighted by molar-refractivity contribution is -0.138. The molecular formula is C17H23FN2O3. The third-order valence-electron chi connectivity index (χ3n) is 4.36. The maximum absolute atomic E-state index is 13.7. The van der Waals surface area contributed by atoms with Gasteiger partial charge >= 0.3 is 5.97 Å². The highest BCUT2D eigenvalue weighted by Gasteiger charge is 2.24. The minimum atomic E-state index is -0.843. The number of likely N-dealkylation sites (tertiary alicyclic amines) is 1. The minimum Gasteiger partial charge on any atom is -0.480 e. The van der Waals surface area contributed by atoms with Crippen LogP contribution in [0, 0.1) is 5.82 Å². The first-order valence-electron chi connectivity index (χ1n) is 7.90. The summed E-state index contributed by atoms with van der Waals surface area (Å²) in [6, 6.07) is 6.50. The van der Waals surface area contributed by atoms with Crippen LogP contribution >= 0.6 is 0 Å². The smallest absolute Gasteiger partial charge is 0.317 e. The van der Waals surface area contributed by atoms with Gasteiger partial charge in [-0.15, -0.1) is 0 Å². The molecule has 1 aromatic carbocycles. The summed E-state index contributed by atoms with van der Waals surface area (Å²) < 4.78 is 13.7. The van der Waals surface area contributed by atoms with Gasteiger partial charge in [0.1, 0.15) is 5.82 Å². The van der Waals surface area contributed by atoms with E-state index in [1.807, 2.05) is 4.90 Å². The Morgan fingerprint density at radius 3 is 2.74 bits per heavy atom. The van der Waals surface area contributed by atoms with Crippen LogP contribution in [0.5, 0.6) is 0 Å². The van der Waals surface area contributed by atoms with E-state index in [0.717, 1.165) is 19.3 Å². The summed E-state index contributed by atoms with van der Waals surface area (Å²) in [7, 11) is 1.80. The molecule has 0 bridgehead atoms. The Balaban J connectivity index is 1.91. The molecule has 0 radical (unpaired) electrons. The number of rotatable bonds is 5. The molecule has 0 aromatic heterocycles. The van der Waals surface area contributed by atoms with E-state index in [1.165, 1.54) is 6.07 Å². The Kier molecular flexibility index (Phi) is 6.10. The molecule has 1 atom stereocenters. The molecule has 1 aliphatic rings. The highest BCUT2D eigenvalue weighted by Crippen LogP contribution is 2.17. The molecule has 1 unspecified atom stereocenters. The van der Waals surface area contributed by atoms with Crippen molar-refractivity contribution < 1.29 is 19.1 Å². The molecule has 0 saturated carbocycles. The minimum absolute atomic E-state index is 0.00778. The highest BCUT2D eigenvalue weighted by molar-refractivity contribution is 5.78. The normalized spacial score (nSPS) is 18.7. The van der Waals surface area contributed by atoms with E-state index in [0.29, 0.717) is 18.7 Å². The summed E-state index contributed by atoms with van der Waals surface area (Å²) >= 11 is 0. The number of benzene rings is 1. The number of amides is 1. The molecule has 1 fully saturated rings. The summed E-state index contributed by atoms with van der Waals surface area (Å²) in [4.78, 5) is 26.8. The predicted octanol–water partition coefficient (Wildman–Crippen LogP) is 1.77. The first kappa shape index (κ1) is 17.4. The van der Waals surface area contributed by atoms with Crippen molar-refractivity contribution in [1.29, 1.82) is 0 Å². The molecule has 2 rings (SSSR count). The van der Waals surface area contributed by atoms with E-state index in [4.69, 9.17) is 5.11 Å². The molecule has 0 aliphatic carbocycles. The van der Waals surface area contributed by atoms with Gasteiger partial charge < -0.3 is 10.0 Å². The van der Waals surface area contributed by atoms with Crippen LogP contribution in [-0.2, 0) is 16.0 Å². The molecular weight excluding hydrogens is 299 g/mol. The van der Waals surface area contributed by atoms with Crippen molar-refractivity contribution in [3.63, 3.8) is 0 Å². The van der Waals surface area contributed by atoms with E-state index in [1.54, 1.807) is 30.1 Å². The number of carboxylic acids is 1. The van der Waals surface area contributed by atoms with Crippen LogP contribution in [0.3, 0.4) is 0 Å². The first-order valence-corrected chi connectivity index (χ1v) is 7.90. The number of halogens is 1. The second kappa shape index (κ2) is 8.06. The molecule has 1 N–H and O–H groups in total. The van der Waals surface area contributed by atoms with Gasteiger partial charge in [-0.25, -0.2) is 4.39 Å². The Morgan fingerprint density at radius 1 is 1.30 bits per heavy atom. The Hall–Kier alpha value is -1.95. The topological polar surface area (TPSA) is 60.9 Å². The van der Waals surface area contributed by atoms with Crippen molar-refractivity contribution in [2.45, 2.75) is 31.7 Å². The van der Waals surface area contributed by atoms with Gasteiger partial charge in [0, 0.05) is 19.1 Å². The molecule has 5 nitrogen and oxygen atoms in total. The molecule has 23 heavy (non-hydrogen) atoms. The summed E-state index contributed by atoms with van der Waals surface area (Å²) in [6.45, 7) is 1.24. The van der Waals surface area contributed by atoms with Crippen molar-refractivity contribution in [2.24, 2.45) is 0 Å². The summed E-state index contributed by atoms with van der Waals surface area (Å²) in [6.07, 6.45) is 2.51. The highest BCUT2D eigenvalue weighted by atomic mass is 19.1. The average Bonchev–Trinajstić information content (AvgIpc) is 2.75. The fourth-order valence-corrected chi connectivity index (χ4v) is 3.03. The summed E-state index contributed by atoms with van der Waals surface area (Å²) in [5.41, 5.74) is 0.418. The van der Waals surface area contributed by atoms with Crippen LogP contribution in [0.15, 0.2) is 24.3 Å². The molecule has 0 spiro atoms. The Bertz CT molecular complexity index is 565. The molecule has 1 heterocycles. The van der Waals surface area contributed by atoms with Crippen LogP contribution in [-0.4, -0.2) is 59.5 Å². The molecule has 1 aromatic rings. The SMILES string of the molecule is CN(CC(=O)O)C1CCCN(C(=O)Cc2ccccc2F)CC1. The van der Waals surface area contributed by atoms with Crippen molar-refractivity contribution in [2.75, 3.05) is 26.7 Å². The van der Waals surface area contributed by atoms with Crippen LogP contribution in [0.25, 0.3) is 0 Å². The monoisotopic (exact) mass is 322 g/mol. The number of hydrogen-bond acceptors (Lipinski definition) is 3. The van der Waals surface area contributed by atoms with Crippen LogP contribution in [0.4, 0.5) is 4.39 Å². The number of carbonyl (C=O) groups excluding carboxylic acids is 1. The number of carboxylic acid groups (broad SMARTS) is 1. The van der Waals surface area contributed by atoms with E-state index in [-0.39, 0.29) is 30.7 Å². The van der Waals surface area contributed by atoms with Crippen LogP contribution < -0.4 is 0 Å². The van der Waals surface area contributed by atoms with E-state index in [2.05, 4.69) is 0 Å². The number of nitrogens with zero attached hydrogens (tertiary/aromatic N) is 2. The lowest BCUT2D eigenvalue weighted by Crippen LogP contribution is -2.37. The third kappa shape index (κ3) is 5.03. The van der Waals surface area contributed by atoms with Crippen LogP contribution in [0.2, 0.25) is 0 Å². The largest absolute Gasteiger partial charge is 0.480 e. The number of carbonyl (C=O) groups is 2. The fraction of sp³-hybridized carbons (Fsp3) is 0.529. The number of aliphatic carboxylic acids is 1. The van der Waals surface area contributed by atoms with Crippen molar-refractivity contribution in [1.82, 2.24) is 9.80 Å². The van der Waals surface area contributed by atoms with Gasteiger partial charge in [0.2, 0.25) is 5.91 Å². The molecule has 1 amide bonds. The second-order valence-electron chi connectivity index (χ2n) is 6.04. The van der Waals surface area contributed by atoms with E-state index >= 15 is 0 Å². The lowest BCUT2D eigenvalue weighted by Gasteiger charge is -2.25. The van der Waals surface area contributed by atoms with Gasteiger partial charge in [0.15, 0.2) is 0 Å². The third-order valence-corrected chi connectivity index (χ3v) is 4.36. The first-order chi connectivity index (χ1) is 11.0. The van der Waals surface area contributed by atoms with E-state index in [9.17, 15) is 14.0 Å². The molecule has 1 aliphatic heterocycles. The zero-order valence-corrected chi connectivity index (χ0v) is 13.4. The fourth-order valence-electron chi connectivity index (χ4n) is 3.03. The Morgan fingerprint density at radius 2 is 2.04 bits per heavy atom. The quantitative estimate of drug-likeness (QED) is 0.897. The zero-order valence-electron chi connectivity index (χ0n) is 13.4. The van der Waals surface area contributed by atoms with Gasteiger partial charge in [-0.3, -0.25) is 14.5 Å². The lowest BCUT2D eigenvalue weighted by atomic mass is 10.1. The molecule has 126 valence electrons. The second-order valence-corrected chi connectivity index (χ2v) is 6.04. The maximum Gasteiger partial charge on any atom is 0.317 e. The van der Waals surface area contributed by atoms with Gasteiger partial charge in [-0.2, -0.15) is 0 Å².